The van der Waals surface area contributed by atoms with E-state index in [1.807, 2.05) is 0 Å². The number of rotatable bonds is 3. The molecule has 2 N–H and O–H groups in total. The van der Waals surface area contributed by atoms with Crippen LogP contribution in [0, 0.1) is 12.3 Å². The van der Waals surface area contributed by atoms with Crippen LogP contribution in [0.1, 0.15) is 16.8 Å². The maximum absolute atomic E-state index is 11.3. The van der Waals surface area contributed by atoms with Crippen molar-refractivity contribution in [2.45, 2.75) is 6.42 Å². The van der Waals surface area contributed by atoms with E-state index in [4.69, 9.17) is 6.42 Å². The number of terminal acetylenes is 1. The molecule has 0 aromatic carbocycles. The molecule has 0 saturated carbocycles. The first-order valence-corrected chi connectivity index (χ1v) is 4.14. The molecule has 1 heterocycles. The van der Waals surface area contributed by atoms with Crippen molar-refractivity contribution in [3.05, 3.63) is 34.2 Å². The van der Waals surface area contributed by atoms with Gasteiger partial charge in [0.15, 0.2) is 0 Å². The molecule has 0 saturated heterocycles. The predicted octanol–water partition coefficient (Wildman–Crippen LogP) is 0.128. The molecule has 0 atom stereocenters. The van der Waals surface area contributed by atoms with E-state index < -0.39 is 0 Å². The van der Waals surface area contributed by atoms with Crippen LogP contribution in [-0.4, -0.2) is 17.4 Å². The molecule has 1 aromatic rings. The number of hydrogen-bond donors (Lipinski definition) is 2. The average molecular weight is 190 g/mol. The summed E-state index contributed by atoms with van der Waals surface area (Å²) >= 11 is 0. The zero-order valence-electron chi connectivity index (χ0n) is 7.54. The normalized spacial score (nSPS) is 9.07. The van der Waals surface area contributed by atoms with E-state index in [9.17, 15) is 9.59 Å². The molecular formula is C10H10N2O2. The Morgan fingerprint density at radius 2 is 2.43 bits per heavy atom. The molecule has 4 heteroatoms. The maximum Gasteiger partial charge on any atom is 0.251 e. The Morgan fingerprint density at radius 3 is 3.07 bits per heavy atom. The van der Waals surface area contributed by atoms with Crippen LogP contribution in [-0.2, 0) is 0 Å². The van der Waals surface area contributed by atoms with Gasteiger partial charge in [0, 0.05) is 30.8 Å². The molecule has 1 aromatic heterocycles. The molecule has 72 valence electrons. The summed E-state index contributed by atoms with van der Waals surface area (Å²) in [6.07, 6.45) is 6.93. The fourth-order valence-corrected chi connectivity index (χ4v) is 0.936. The van der Waals surface area contributed by atoms with Crippen LogP contribution in [0.25, 0.3) is 0 Å². The first-order valence-electron chi connectivity index (χ1n) is 4.14. The summed E-state index contributed by atoms with van der Waals surface area (Å²) in [5.74, 6) is 2.12. The minimum absolute atomic E-state index is 0.286. The second-order valence-corrected chi connectivity index (χ2v) is 2.65. The second kappa shape index (κ2) is 4.87. The number of carbonyl (C=O) groups is 1. The third kappa shape index (κ3) is 2.79. The Kier molecular flexibility index (Phi) is 3.50. The molecule has 14 heavy (non-hydrogen) atoms. The van der Waals surface area contributed by atoms with Gasteiger partial charge in [0.05, 0.1) is 0 Å². The van der Waals surface area contributed by atoms with Gasteiger partial charge in [-0.1, -0.05) is 0 Å². The number of aromatic amines is 1. The minimum atomic E-state index is -0.297. The zero-order chi connectivity index (χ0) is 10.4. The van der Waals surface area contributed by atoms with Crippen molar-refractivity contribution in [1.29, 1.82) is 0 Å². The highest BCUT2D eigenvalue weighted by Gasteiger charge is 2.03. The molecule has 0 radical (unpaired) electrons. The molecule has 0 unspecified atom stereocenters. The van der Waals surface area contributed by atoms with E-state index in [-0.39, 0.29) is 11.5 Å². The summed E-state index contributed by atoms with van der Waals surface area (Å²) in [6.45, 7) is 0.419. The Balaban J connectivity index is 2.62. The Bertz CT molecular complexity index is 415. The Hall–Kier alpha value is -2.02. The Labute approximate surface area is 81.3 Å². The van der Waals surface area contributed by atoms with E-state index in [1.54, 1.807) is 0 Å². The van der Waals surface area contributed by atoms with Crippen LogP contribution in [0.15, 0.2) is 23.1 Å². The van der Waals surface area contributed by atoms with E-state index >= 15 is 0 Å². The molecule has 0 aliphatic rings. The monoisotopic (exact) mass is 190 g/mol. The summed E-state index contributed by atoms with van der Waals surface area (Å²) in [4.78, 5) is 24.6. The second-order valence-electron chi connectivity index (χ2n) is 2.65. The van der Waals surface area contributed by atoms with Crippen molar-refractivity contribution in [3.8, 4) is 12.3 Å². The highest BCUT2D eigenvalue weighted by Crippen LogP contribution is 1.92. The standard InChI is InChI=1S/C10H10N2O2/c1-2-3-5-12-10(14)8-4-6-11-9(13)7-8/h1,4,6-7H,3,5H2,(H,11,13)(H,12,14). The fourth-order valence-electron chi connectivity index (χ4n) is 0.936. The number of hydrogen-bond acceptors (Lipinski definition) is 2. The van der Waals surface area contributed by atoms with Gasteiger partial charge in [0.25, 0.3) is 5.91 Å². The van der Waals surface area contributed by atoms with Crippen molar-refractivity contribution >= 4 is 5.91 Å². The summed E-state index contributed by atoms with van der Waals surface area (Å²) in [6, 6.07) is 2.78. The largest absolute Gasteiger partial charge is 0.351 e. The third-order valence-corrected chi connectivity index (χ3v) is 1.59. The minimum Gasteiger partial charge on any atom is -0.351 e. The van der Waals surface area contributed by atoms with Crippen LogP contribution in [0.5, 0.6) is 0 Å². The van der Waals surface area contributed by atoms with Crippen molar-refractivity contribution in [2.75, 3.05) is 6.54 Å². The highest BCUT2D eigenvalue weighted by molar-refractivity contribution is 5.93. The van der Waals surface area contributed by atoms with Gasteiger partial charge in [-0.05, 0) is 6.07 Å². The average Bonchev–Trinajstić information content (AvgIpc) is 2.18. The topological polar surface area (TPSA) is 62.0 Å². The van der Waals surface area contributed by atoms with Crippen molar-refractivity contribution in [1.82, 2.24) is 10.3 Å². The molecule has 1 amide bonds. The van der Waals surface area contributed by atoms with Crippen molar-refractivity contribution in [2.24, 2.45) is 0 Å². The molecule has 0 bridgehead atoms. The van der Waals surface area contributed by atoms with Crippen LogP contribution in [0.4, 0.5) is 0 Å². The first-order chi connectivity index (χ1) is 6.74. The van der Waals surface area contributed by atoms with Crippen LogP contribution < -0.4 is 10.9 Å². The van der Waals surface area contributed by atoms with Crippen LogP contribution in [0.3, 0.4) is 0 Å². The molecule has 4 nitrogen and oxygen atoms in total. The quantitative estimate of drug-likeness (QED) is 0.525. The summed E-state index contributed by atoms with van der Waals surface area (Å²) in [5, 5.41) is 2.59. The lowest BCUT2D eigenvalue weighted by Crippen LogP contribution is -2.25. The molecule has 0 fully saturated rings. The molecular weight excluding hydrogens is 180 g/mol. The number of H-pyrrole nitrogens is 1. The van der Waals surface area contributed by atoms with Gasteiger partial charge in [-0.2, -0.15) is 0 Å². The first kappa shape index (κ1) is 10.1. The number of pyridine rings is 1. The van der Waals surface area contributed by atoms with Gasteiger partial charge in [-0.25, -0.2) is 0 Å². The van der Waals surface area contributed by atoms with Crippen LogP contribution in [0.2, 0.25) is 0 Å². The molecule has 0 aliphatic heterocycles. The smallest absolute Gasteiger partial charge is 0.251 e. The summed E-state index contributed by atoms with van der Waals surface area (Å²) in [7, 11) is 0. The van der Waals surface area contributed by atoms with Crippen molar-refractivity contribution in [3.63, 3.8) is 0 Å². The van der Waals surface area contributed by atoms with Gasteiger partial charge in [-0.15, -0.1) is 12.3 Å². The highest BCUT2D eigenvalue weighted by atomic mass is 16.2. The van der Waals surface area contributed by atoms with Gasteiger partial charge in [0.1, 0.15) is 0 Å². The van der Waals surface area contributed by atoms with Crippen molar-refractivity contribution < 1.29 is 4.79 Å². The van der Waals surface area contributed by atoms with E-state index in [1.165, 1.54) is 18.3 Å². The number of nitrogens with one attached hydrogen (secondary N) is 2. The van der Waals surface area contributed by atoms with E-state index in [0.717, 1.165) is 0 Å². The lowest BCUT2D eigenvalue weighted by Gasteiger charge is -2.01. The van der Waals surface area contributed by atoms with Gasteiger partial charge >= 0.3 is 0 Å². The van der Waals surface area contributed by atoms with Crippen LogP contribution >= 0.6 is 0 Å². The summed E-state index contributed by atoms with van der Waals surface area (Å²) in [5.41, 5.74) is 0.0420. The summed E-state index contributed by atoms with van der Waals surface area (Å²) < 4.78 is 0. The van der Waals surface area contributed by atoms with Gasteiger partial charge in [-0.3, -0.25) is 9.59 Å². The number of carbonyl (C=O) groups excluding carboxylic acids is 1. The maximum atomic E-state index is 11.3. The third-order valence-electron chi connectivity index (χ3n) is 1.59. The predicted molar refractivity (Wildman–Crippen MR) is 52.8 cm³/mol. The lowest BCUT2D eigenvalue weighted by atomic mass is 10.2. The Morgan fingerprint density at radius 1 is 1.64 bits per heavy atom. The SMILES string of the molecule is C#CCCNC(=O)c1cc[nH]c(=O)c1. The number of amides is 1. The number of aromatic nitrogens is 1. The fraction of sp³-hybridized carbons (Fsp3) is 0.200. The van der Waals surface area contributed by atoms with E-state index in [2.05, 4.69) is 16.2 Å². The molecule has 1 rings (SSSR count). The zero-order valence-corrected chi connectivity index (χ0v) is 7.54. The van der Waals surface area contributed by atoms with E-state index in [0.29, 0.717) is 18.5 Å². The van der Waals surface area contributed by atoms with Gasteiger partial charge < -0.3 is 10.3 Å². The molecule has 0 spiro atoms. The lowest BCUT2D eigenvalue weighted by molar-refractivity contribution is 0.0954. The van der Waals surface area contributed by atoms with Gasteiger partial charge in [0.2, 0.25) is 5.56 Å². The molecule has 0 aliphatic carbocycles.